The average molecular weight is 332 g/mol. The first-order chi connectivity index (χ1) is 11.5. The molecule has 128 valence electrons. The van der Waals surface area contributed by atoms with Gasteiger partial charge in [-0.1, -0.05) is 23.3 Å². The van der Waals surface area contributed by atoms with Gasteiger partial charge in [-0.2, -0.15) is 0 Å². The molecule has 0 bridgehead atoms. The quantitative estimate of drug-likeness (QED) is 0.506. The molecule has 0 spiro atoms. The Balaban J connectivity index is 1.67. The number of carbonyl (C=O) groups is 1. The summed E-state index contributed by atoms with van der Waals surface area (Å²) < 4.78 is 17.7. The number of azide groups is 1. The van der Waals surface area contributed by atoms with Gasteiger partial charge in [-0.3, -0.25) is 4.79 Å². The van der Waals surface area contributed by atoms with E-state index in [1.807, 2.05) is 32.0 Å². The molecule has 2 aliphatic heterocycles. The molecular formula is C16H20N4O4. The third-order valence-electron chi connectivity index (χ3n) is 4.16. The second-order valence-corrected chi connectivity index (χ2v) is 6.42. The zero-order chi connectivity index (χ0) is 17.2. The number of hydrogen-bond acceptors (Lipinski definition) is 5. The van der Waals surface area contributed by atoms with E-state index in [-0.39, 0.29) is 31.7 Å². The monoisotopic (exact) mass is 332 g/mol. The minimum atomic E-state index is -0.808. The van der Waals surface area contributed by atoms with Crippen molar-refractivity contribution in [2.75, 3.05) is 19.7 Å². The maximum absolute atomic E-state index is 12.2. The summed E-state index contributed by atoms with van der Waals surface area (Å²) >= 11 is 0. The van der Waals surface area contributed by atoms with Crippen molar-refractivity contribution in [1.82, 2.24) is 5.32 Å². The summed E-state index contributed by atoms with van der Waals surface area (Å²) in [6.07, 6.45) is -0.776. The molecule has 2 aliphatic rings. The second kappa shape index (κ2) is 6.41. The standard InChI is InChI=1S/C16H20N4O4/c1-15(2)23-13-12(22-10-16(13,24-15)9-19-20-17)8-18-14(21)11-6-4-3-5-7-11/h3-7,12-13H,8-10H2,1-2H3,(H,18,21)/t12-,13-,16+/m1/s1. The van der Waals surface area contributed by atoms with Gasteiger partial charge in [0.1, 0.15) is 17.8 Å². The second-order valence-electron chi connectivity index (χ2n) is 6.42. The van der Waals surface area contributed by atoms with Gasteiger partial charge in [-0.15, -0.1) is 0 Å². The minimum Gasteiger partial charge on any atom is -0.370 e. The number of amides is 1. The van der Waals surface area contributed by atoms with E-state index in [4.69, 9.17) is 19.7 Å². The summed E-state index contributed by atoms with van der Waals surface area (Å²) in [7, 11) is 0. The lowest BCUT2D eigenvalue weighted by Gasteiger charge is -2.24. The highest BCUT2D eigenvalue weighted by atomic mass is 16.8. The van der Waals surface area contributed by atoms with E-state index in [1.165, 1.54) is 0 Å². The van der Waals surface area contributed by atoms with Gasteiger partial charge in [0.05, 0.1) is 13.2 Å². The van der Waals surface area contributed by atoms with Crippen LogP contribution in [0.3, 0.4) is 0 Å². The lowest BCUT2D eigenvalue weighted by atomic mass is 9.97. The highest BCUT2D eigenvalue weighted by molar-refractivity contribution is 5.94. The van der Waals surface area contributed by atoms with Gasteiger partial charge in [-0.05, 0) is 31.5 Å². The van der Waals surface area contributed by atoms with Gasteiger partial charge in [0.2, 0.25) is 0 Å². The summed E-state index contributed by atoms with van der Waals surface area (Å²) in [6.45, 7) is 4.29. The number of ether oxygens (including phenoxy) is 3. The summed E-state index contributed by atoms with van der Waals surface area (Å²) in [4.78, 5) is 15.0. The Kier molecular flexibility index (Phi) is 4.47. The number of fused-ring (bicyclic) bond motifs is 1. The zero-order valence-electron chi connectivity index (χ0n) is 13.6. The van der Waals surface area contributed by atoms with Crippen molar-refractivity contribution in [3.05, 3.63) is 46.3 Å². The van der Waals surface area contributed by atoms with E-state index in [0.717, 1.165) is 0 Å². The molecular weight excluding hydrogens is 312 g/mol. The summed E-state index contributed by atoms with van der Waals surface area (Å²) in [5.74, 6) is -0.967. The predicted octanol–water partition coefficient (Wildman–Crippen LogP) is 2.02. The fourth-order valence-corrected chi connectivity index (χ4v) is 3.22. The van der Waals surface area contributed by atoms with Crippen LogP contribution in [0.25, 0.3) is 10.4 Å². The third-order valence-corrected chi connectivity index (χ3v) is 4.16. The molecule has 0 aliphatic carbocycles. The van der Waals surface area contributed by atoms with Crippen molar-refractivity contribution in [2.24, 2.45) is 5.11 Å². The van der Waals surface area contributed by atoms with Crippen LogP contribution in [0.4, 0.5) is 0 Å². The number of benzene rings is 1. The van der Waals surface area contributed by atoms with E-state index >= 15 is 0 Å². The van der Waals surface area contributed by atoms with Gasteiger partial charge < -0.3 is 19.5 Å². The van der Waals surface area contributed by atoms with E-state index in [2.05, 4.69) is 15.3 Å². The Labute approximate surface area is 139 Å². The van der Waals surface area contributed by atoms with Gasteiger partial charge >= 0.3 is 0 Å². The molecule has 1 aromatic carbocycles. The van der Waals surface area contributed by atoms with Crippen LogP contribution in [0.2, 0.25) is 0 Å². The Morgan fingerprint density at radius 1 is 1.42 bits per heavy atom. The molecule has 0 saturated carbocycles. The first kappa shape index (κ1) is 16.7. The maximum Gasteiger partial charge on any atom is 0.251 e. The van der Waals surface area contributed by atoms with Gasteiger partial charge in [0, 0.05) is 17.0 Å². The number of hydrogen-bond donors (Lipinski definition) is 1. The molecule has 1 amide bonds. The van der Waals surface area contributed by atoms with Crippen LogP contribution in [0.1, 0.15) is 24.2 Å². The van der Waals surface area contributed by atoms with Crippen LogP contribution in [-0.2, 0) is 14.2 Å². The zero-order valence-corrected chi connectivity index (χ0v) is 13.6. The maximum atomic E-state index is 12.2. The van der Waals surface area contributed by atoms with Crippen LogP contribution in [-0.4, -0.2) is 49.2 Å². The molecule has 1 N–H and O–H groups in total. The largest absolute Gasteiger partial charge is 0.370 e. The number of carbonyl (C=O) groups excluding carboxylic acids is 1. The minimum absolute atomic E-state index is 0.126. The number of rotatable bonds is 5. The van der Waals surface area contributed by atoms with Crippen molar-refractivity contribution in [2.45, 2.75) is 37.4 Å². The highest BCUT2D eigenvalue weighted by Gasteiger charge is 2.60. The van der Waals surface area contributed by atoms with Crippen molar-refractivity contribution in [3.8, 4) is 0 Å². The van der Waals surface area contributed by atoms with Crippen molar-refractivity contribution >= 4 is 5.91 Å². The van der Waals surface area contributed by atoms with Crippen LogP contribution in [0.15, 0.2) is 35.4 Å². The van der Waals surface area contributed by atoms with Gasteiger partial charge in [-0.25, -0.2) is 0 Å². The van der Waals surface area contributed by atoms with Crippen LogP contribution in [0, 0.1) is 0 Å². The smallest absolute Gasteiger partial charge is 0.251 e. The van der Waals surface area contributed by atoms with Crippen LogP contribution >= 0.6 is 0 Å². The summed E-state index contributed by atoms with van der Waals surface area (Å²) in [5.41, 5.74) is 8.38. The summed E-state index contributed by atoms with van der Waals surface area (Å²) in [5, 5.41) is 6.49. The molecule has 8 nitrogen and oxygen atoms in total. The lowest BCUT2D eigenvalue weighted by molar-refractivity contribution is -0.187. The first-order valence-electron chi connectivity index (χ1n) is 7.79. The Bertz CT molecular complexity index is 659. The van der Waals surface area contributed by atoms with E-state index in [0.29, 0.717) is 5.56 Å². The third kappa shape index (κ3) is 3.22. The molecule has 0 aromatic heterocycles. The summed E-state index contributed by atoms with van der Waals surface area (Å²) in [6, 6.07) is 8.96. The molecule has 1 aromatic rings. The van der Waals surface area contributed by atoms with E-state index < -0.39 is 17.5 Å². The predicted molar refractivity (Wildman–Crippen MR) is 85.3 cm³/mol. The fourth-order valence-electron chi connectivity index (χ4n) is 3.22. The van der Waals surface area contributed by atoms with Gasteiger partial charge in [0.15, 0.2) is 5.79 Å². The van der Waals surface area contributed by atoms with Crippen molar-refractivity contribution in [1.29, 1.82) is 0 Å². The normalized spacial score (nSPS) is 30.4. The highest BCUT2D eigenvalue weighted by Crippen LogP contribution is 2.43. The van der Waals surface area contributed by atoms with E-state index in [9.17, 15) is 4.79 Å². The Hall–Kier alpha value is -2.12. The van der Waals surface area contributed by atoms with E-state index in [1.54, 1.807) is 12.1 Å². The molecule has 3 atom stereocenters. The number of nitrogens with zero attached hydrogens (tertiary/aromatic N) is 3. The Morgan fingerprint density at radius 3 is 2.88 bits per heavy atom. The molecule has 2 heterocycles. The van der Waals surface area contributed by atoms with Crippen molar-refractivity contribution in [3.63, 3.8) is 0 Å². The van der Waals surface area contributed by atoms with Crippen molar-refractivity contribution < 1.29 is 19.0 Å². The van der Waals surface area contributed by atoms with Crippen LogP contribution < -0.4 is 5.32 Å². The molecule has 3 rings (SSSR count). The SMILES string of the molecule is CC1(C)O[C@@H]2[C@@H](CNC(=O)c3ccccc3)OC[C@]2(CN=[N+]=[N-])O1. The lowest BCUT2D eigenvalue weighted by Crippen LogP contribution is -2.46. The fraction of sp³-hybridized carbons (Fsp3) is 0.562. The topological polar surface area (TPSA) is 106 Å². The van der Waals surface area contributed by atoms with Gasteiger partial charge in [0.25, 0.3) is 5.91 Å². The molecule has 2 saturated heterocycles. The molecule has 2 fully saturated rings. The molecule has 0 unspecified atom stereocenters. The number of nitrogens with one attached hydrogen (secondary N) is 1. The first-order valence-corrected chi connectivity index (χ1v) is 7.79. The average Bonchev–Trinajstić information content (AvgIpc) is 3.02. The molecule has 8 heteroatoms. The Morgan fingerprint density at radius 2 is 2.17 bits per heavy atom. The molecule has 24 heavy (non-hydrogen) atoms. The van der Waals surface area contributed by atoms with Crippen LogP contribution in [0.5, 0.6) is 0 Å². The molecule has 0 radical (unpaired) electrons.